The first kappa shape index (κ1) is 14.8. The number of rotatable bonds is 5. The highest BCUT2D eigenvalue weighted by Crippen LogP contribution is 2.27. The lowest BCUT2D eigenvalue weighted by Crippen LogP contribution is -2.36. The molecule has 98 valence electrons. The summed E-state index contributed by atoms with van der Waals surface area (Å²) in [4.78, 5) is 23.0. The number of carbonyl (C=O) groups is 2. The summed E-state index contributed by atoms with van der Waals surface area (Å²) in [6, 6.07) is 4.47. The van der Waals surface area contributed by atoms with Crippen molar-refractivity contribution in [3.8, 4) is 5.75 Å². The fourth-order valence-electron chi connectivity index (χ4n) is 1.22. The average molecular weight is 291 g/mol. The summed E-state index contributed by atoms with van der Waals surface area (Å²) in [5, 5.41) is 0.641. The first-order valence-corrected chi connectivity index (χ1v) is 5.97. The van der Waals surface area contributed by atoms with E-state index in [9.17, 15) is 9.59 Å². The number of hydrogen-bond acceptors (Lipinski definition) is 4. The Labute approximate surface area is 115 Å². The van der Waals surface area contributed by atoms with E-state index in [0.717, 1.165) is 0 Å². The number of esters is 1. The smallest absolute Gasteiger partial charge is 0.354 e. The lowest BCUT2D eigenvalue weighted by Gasteiger charge is -2.15. The van der Waals surface area contributed by atoms with Crippen molar-refractivity contribution in [3.63, 3.8) is 0 Å². The van der Waals surface area contributed by atoms with E-state index in [2.05, 4.69) is 4.74 Å². The van der Waals surface area contributed by atoms with Crippen LogP contribution in [-0.2, 0) is 14.3 Å². The molecule has 0 saturated heterocycles. The number of carbonyl (C=O) groups excluding carboxylic acids is 2. The van der Waals surface area contributed by atoms with Crippen molar-refractivity contribution < 1.29 is 19.1 Å². The van der Waals surface area contributed by atoms with Crippen LogP contribution in [-0.4, -0.2) is 25.0 Å². The van der Waals surface area contributed by atoms with E-state index in [0.29, 0.717) is 5.02 Å². The van der Waals surface area contributed by atoms with Gasteiger partial charge >= 0.3 is 5.97 Å². The van der Waals surface area contributed by atoms with E-state index < -0.39 is 12.1 Å². The van der Waals surface area contributed by atoms with Crippen molar-refractivity contribution in [2.24, 2.45) is 0 Å². The quantitative estimate of drug-likeness (QED) is 0.618. The van der Waals surface area contributed by atoms with Gasteiger partial charge in [0.05, 0.1) is 17.2 Å². The molecule has 4 nitrogen and oxygen atoms in total. The first-order chi connectivity index (χ1) is 8.49. The van der Waals surface area contributed by atoms with Crippen LogP contribution in [0.25, 0.3) is 0 Å². The standard InChI is InChI=1S/C12H12Cl2O4/c1-3-10(15)11(12(16)17-2)18-7-4-5-8(13)9(14)6-7/h4-6,11H,3H2,1-2H3/t11-/m0/s1. The van der Waals surface area contributed by atoms with Crippen molar-refractivity contribution in [1.82, 2.24) is 0 Å². The molecule has 1 atom stereocenters. The highest BCUT2D eigenvalue weighted by molar-refractivity contribution is 6.42. The zero-order valence-electron chi connectivity index (χ0n) is 9.91. The fourth-order valence-corrected chi connectivity index (χ4v) is 1.51. The maximum absolute atomic E-state index is 11.6. The summed E-state index contributed by atoms with van der Waals surface area (Å²) in [7, 11) is 1.19. The van der Waals surface area contributed by atoms with E-state index in [1.54, 1.807) is 6.92 Å². The van der Waals surface area contributed by atoms with Gasteiger partial charge in [0.15, 0.2) is 5.78 Å². The molecule has 0 bridgehead atoms. The Bertz CT molecular complexity index is 443. The van der Waals surface area contributed by atoms with Gasteiger partial charge in [0.25, 0.3) is 6.10 Å². The molecule has 0 radical (unpaired) electrons. The van der Waals surface area contributed by atoms with Crippen LogP contribution in [0.5, 0.6) is 5.75 Å². The van der Waals surface area contributed by atoms with Crippen LogP contribution in [0.3, 0.4) is 0 Å². The van der Waals surface area contributed by atoms with Crippen molar-refractivity contribution in [2.45, 2.75) is 19.4 Å². The molecule has 1 aromatic rings. The second-order valence-electron chi connectivity index (χ2n) is 3.42. The van der Waals surface area contributed by atoms with Gasteiger partial charge in [-0.3, -0.25) is 4.79 Å². The number of methoxy groups -OCH3 is 1. The van der Waals surface area contributed by atoms with E-state index in [1.807, 2.05) is 0 Å². The SMILES string of the molecule is CCC(=O)[C@H](Oc1ccc(Cl)c(Cl)c1)C(=O)OC. The third kappa shape index (κ3) is 3.62. The molecule has 0 spiro atoms. The average Bonchev–Trinajstić information content (AvgIpc) is 2.38. The maximum atomic E-state index is 11.6. The molecule has 6 heteroatoms. The van der Waals surface area contributed by atoms with Crippen molar-refractivity contribution >= 4 is 35.0 Å². The molecule has 0 aromatic heterocycles. The number of halogens is 2. The Balaban J connectivity index is 2.92. The van der Waals surface area contributed by atoms with Crippen LogP contribution in [0.4, 0.5) is 0 Å². The van der Waals surface area contributed by atoms with Gasteiger partial charge in [-0.15, -0.1) is 0 Å². The molecular weight excluding hydrogens is 279 g/mol. The maximum Gasteiger partial charge on any atom is 0.354 e. The molecule has 0 heterocycles. The first-order valence-electron chi connectivity index (χ1n) is 5.21. The van der Waals surface area contributed by atoms with Gasteiger partial charge in [0, 0.05) is 12.5 Å². The molecule has 18 heavy (non-hydrogen) atoms. The number of ketones is 1. The Morgan fingerprint density at radius 2 is 1.94 bits per heavy atom. The summed E-state index contributed by atoms with van der Waals surface area (Å²) in [5.74, 6) is -0.831. The third-order valence-corrected chi connectivity index (χ3v) is 2.94. The number of hydrogen-bond donors (Lipinski definition) is 0. The van der Waals surface area contributed by atoms with Crippen LogP contribution in [0, 0.1) is 0 Å². The van der Waals surface area contributed by atoms with Crippen LogP contribution in [0.2, 0.25) is 10.0 Å². The fraction of sp³-hybridized carbons (Fsp3) is 0.333. The molecule has 0 amide bonds. The summed E-state index contributed by atoms with van der Waals surface area (Å²) in [5.41, 5.74) is 0. The minimum absolute atomic E-state index is 0.168. The normalized spacial score (nSPS) is 11.8. The van der Waals surface area contributed by atoms with Gasteiger partial charge in [-0.05, 0) is 12.1 Å². The summed E-state index contributed by atoms with van der Waals surface area (Å²) in [6.07, 6.45) is -1.11. The van der Waals surface area contributed by atoms with Crippen LogP contribution in [0.15, 0.2) is 18.2 Å². The highest BCUT2D eigenvalue weighted by Gasteiger charge is 2.28. The molecule has 1 aromatic carbocycles. The van der Waals surface area contributed by atoms with Gasteiger partial charge in [0.1, 0.15) is 5.75 Å². The number of benzene rings is 1. The van der Waals surface area contributed by atoms with E-state index in [4.69, 9.17) is 27.9 Å². The molecule has 1 rings (SSSR count). The van der Waals surface area contributed by atoms with Crippen molar-refractivity contribution in [2.75, 3.05) is 7.11 Å². The molecule has 0 saturated carbocycles. The monoisotopic (exact) mass is 290 g/mol. The Morgan fingerprint density at radius 3 is 2.44 bits per heavy atom. The Morgan fingerprint density at radius 1 is 1.28 bits per heavy atom. The predicted molar refractivity (Wildman–Crippen MR) is 68.2 cm³/mol. The van der Waals surface area contributed by atoms with E-state index >= 15 is 0 Å². The topological polar surface area (TPSA) is 52.6 Å². The number of Topliss-reactive ketones (excluding diaryl/α,β-unsaturated/α-hetero) is 1. The zero-order valence-corrected chi connectivity index (χ0v) is 11.4. The predicted octanol–water partition coefficient (Wildman–Crippen LogP) is 2.89. The minimum atomic E-state index is -1.28. The zero-order chi connectivity index (χ0) is 13.7. The molecule has 0 N–H and O–H groups in total. The van der Waals surface area contributed by atoms with E-state index in [-0.39, 0.29) is 23.0 Å². The molecule has 0 fully saturated rings. The number of ether oxygens (including phenoxy) is 2. The largest absolute Gasteiger partial charge is 0.471 e. The molecule has 0 unspecified atom stereocenters. The lowest BCUT2D eigenvalue weighted by molar-refractivity contribution is -0.153. The lowest BCUT2D eigenvalue weighted by atomic mass is 10.2. The van der Waals surface area contributed by atoms with Gasteiger partial charge < -0.3 is 9.47 Å². The van der Waals surface area contributed by atoms with Crippen molar-refractivity contribution in [3.05, 3.63) is 28.2 Å². The van der Waals surface area contributed by atoms with Gasteiger partial charge in [-0.2, -0.15) is 0 Å². The Hall–Kier alpha value is -1.26. The summed E-state index contributed by atoms with van der Waals surface area (Å²) >= 11 is 11.6. The van der Waals surface area contributed by atoms with Crippen molar-refractivity contribution in [1.29, 1.82) is 0 Å². The van der Waals surface area contributed by atoms with Gasteiger partial charge in [-0.25, -0.2) is 4.79 Å². The second kappa shape index (κ2) is 6.61. The van der Waals surface area contributed by atoms with Crippen LogP contribution >= 0.6 is 23.2 Å². The third-order valence-electron chi connectivity index (χ3n) is 2.20. The molecule has 0 aliphatic carbocycles. The van der Waals surface area contributed by atoms with E-state index in [1.165, 1.54) is 25.3 Å². The van der Waals surface area contributed by atoms with Crippen LogP contribution in [0.1, 0.15) is 13.3 Å². The van der Waals surface area contributed by atoms with Gasteiger partial charge in [-0.1, -0.05) is 30.1 Å². The summed E-state index contributed by atoms with van der Waals surface area (Å²) < 4.78 is 9.81. The molecule has 0 aliphatic rings. The summed E-state index contributed by atoms with van der Waals surface area (Å²) in [6.45, 7) is 1.64. The molecule has 0 aliphatic heterocycles. The second-order valence-corrected chi connectivity index (χ2v) is 4.23. The highest BCUT2D eigenvalue weighted by atomic mass is 35.5. The van der Waals surface area contributed by atoms with Gasteiger partial charge in [0.2, 0.25) is 0 Å². The molecular formula is C12H12Cl2O4. The Kier molecular flexibility index (Phi) is 5.44. The van der Waals surface area contributed by atoms with Crippen LogP contribution < -0.4 is 4.74 Å². The minimum Gasteiger partial charge on any atom is -0.471 e.